The van der Waals surface area contributed by atoms with Gasteiger partial charge in [0.25, 0.3) is 11.8 Å². The molecule has 0 saturated carbocycles. The molecule has 1 aromatic carbocycles. The van der Waals surface area contributed by atoms with Gasteiger partial charge in [0.15, 0.2) is 0 Å². The third-order valence-corrected chi connectivity index (χ3v) is 3.48. The zero-order chi connectivity index (χ0) is 18.0. The molecule has 1 aromatic heterocycles. The number of imide groups is 1. The van der Waals surface area contributed by atoms with Crippen LogP contribution in [0.1, 0.15) is 44.9 Å². The lowest BCUT2D eigenvalue weighted by molar-refractivity contribution is -0.0587. The number of aromatic nitrogens is 1. The van der Waals surface area contributed by atoms with E-state index in [0.29, 0.717) is 11.7 Å². The third kappa shape index (κ3) is 3.21. The highest BCUT2D eigenvalue weighted by molar-refractivity contribution is 6.21. The fourth-order valence-electron chi connectivity index (χ4n) is 2.29. The summed E-state index contributed by atoms with van der Waals surface area (Å²) in [5.41, 5.74) is 0.435. The van der Waals surface area contributed by atoms with Crippen molar-refractivity contribution < 1.29 is 24.0 Å². The van der Waals surface area contributed by atoms with Crippen molar-refractivity contribution in [2.45, 2.75) is 13.8 Å². The molecule has 2 amide bonds. The predicted molar refractivity (Wildman–Crippen MR) is 86.9 cm³/mol. The summed E-state index contributed by atoms with van der Waals surface area (Å²) in [5.74, 6) is -1.91. The number of nitrogens with zero attached hydrogens (tertiary/aromatic N) is 2. The fourth-order valence-corrected chi connectivity index (χ4v) is 2.29. The minimum absolute atomic E-state index is 0.0414. The summed E-state index contributed by atoms with van der Waals surface area (Å²) in [4.78, 5) is 46.0. The number of rotatable bonds is 5. The van der Waals surface area contributed by atoms with E-state index < -0.39 is 17.8 Å². The molecule has 2 aromatic rings. The van der Waals surface area contributed by atoms with Crippen molar-refractivity contribution in [1.82, 2.24) is 10.0 Å². The number of carbonyl (C=O) groups excluding carboxylic acids is 3. The van der Waals surface area contributed by atoms with Crippen molar-refractivity contribution in [3.63, 3.8) is 0 Å². The number of ether oxygens (including phenoxy) is 1. The predicted octanol–water partition coefficient (Wildman–Crippen LogP) is 2.48. The van der Waals surface area contributed by atoms with E-state index in [4.69, 9.17) is 9.57 Å². The highest BCUT2D eigenvalue weighted by Gasteiger charge is 2.39. The van der Waals surface area contributed by atoms with Gasteiger partial charge in [0.05, 0.1) is 17.7 Å². The van der Waals surface area contributed by atoms with Crippen molar-refractivity contribution in [2.24, 2.45) is 5.92 Å². The van der Waals surface area contributed by atoms with E-state index >= 15 is 0 Å². The van der Waals surface area contributed by atoms with E-state index in [1.54, 1.807) is 18.2 Å². The summed E-state index contributed by atoms with van der Waals surface area (Å²) in [5, 5.41) is 0.465. The van der Waals surface area contributed by atoms with E-state index in [1.807, 2.05) is 13.8 Å². The van der Waals surface area contributed by atoms with Gasteiger partial charge in [-0.3, -0.25) is 9.59 Å². The van der Waals surface area contributed by atoms with Crippen LogP contribution in [0.4, 0.5) is 0 Å². The number of carbonyl (C=O) groups is 3. The van der Waals surface area contributed by atoms with Gasteiger partial charge in [-0.2, -0.15) is 0 Å². The average Bonchev–Trinajstić information content (AvgIpc) is 2.85. The van der Waals surface area contributed by atoms with Gasteiger partial charge >= 0.3 is 5.97 Å². The fraction of sp³-hybridized carbons (Fsp3) is 0.222. The van der Waals surface area contributed by atoms with Crippen LogP contribution in [0.25, 0.3) is 0 Å². The third-order valence-electron chi connectivity index (χ3n) is 3.48. The second kappa shape index (κ2) is 6.72. The average molecular weight is 340 g/mol. The van der Waals surface area contributed by atoms with Crippen molar-refractivity contribution >= 4 is 17.8 Å². The molecule has 0 radical (unpaired) electrons. The van der Waals surface area contributed by atoms with Gasteiger partial charge in [-0.05, 0) is 30.2 Å². The van der Waals surface area contributed by atoms with Gasteiger partial charge in [0.2, 0.25) is 5.88 Å². The van der Waals surface area contributed by atoms with Crippen LogP contribution in [0.3, 0.4) is 0 Å². The number of fused-ring (bicyclic) bond motifs is 1. The maximum atomic E-state index is 12.4. The zero-order valence-corrected chi connectivity index (χ0v) is 13.8. The van der Waals surface area contributed by atoms with Crippen LogP contribution >= 0.6 is 0 Å². The maximum Gasteiger partial charge on any atom is 0.369 e. The molecule has 0 aliphatic carbocycles. The lowest BCUT2D eigenvalue weighted by atomic mass is 10.1. The molecule has 1 aliphatic heterocycles. The van der Waals surface area contributed by atoms with Crippen LogP contribution in [-0.4, -0.2) is 34.4 Å². The number of hydroxylamine groups is 2. The Morgan fingerprint density at radius 1 is 1.08 bits per heavy atom. The van der Waals surface area contributed by atoms with Gasteiger partial charge in [-0.15, -0.1) is 0 Å². The van der Waals surface area contributed by atoms with Crippen LogP contribution in [0, 0.1) is 5.92 Å². The quantitative estimate of drug-likeness (QED) is 0.777. The maximum absolute atomic E-state index is 12.4. The zero-order valence-electron chi connectivity index (χ0n) is 13.8. The Morgan fingerprint density at radius 2 is 1.72 bits per heavy atom. The van der Waals surface area contributed by atoms with E-state index in [1.165, 1.54) is 24.4 Å². The van der Waals surface area contributed by atoms with Gasteiger partial charge in [0, 0.05) is 6.20 Å². The normalized spacial score (nSPS) is 13.2. The SMILES string of the molecule is CC(C)COc1ncccc1C(=O)ON1C(=O)c2ccccc2C1=O. The molecule has 0 N–H and O–H groups in total. The van der Waals surface area contributed by atoms with E-state index in [-0.39, 0.29) is 28.5 Å². The Kier molecular flexibility index (Phi) is 4.47. The summed E-state index contributed by atoms with van der Waals surface area (Å²) in [6.45, 7) is 4.28. The first-order chi connectivity index (χ1) is 12.0. The van der Waals surface area contributed by atoms with Gasteiger partial charge < -0.3 is 9.57 Å². The second-order valence-electron chi connectivity index (χ2n) is 5.89. The van der Waals surface area contributed by atoms with E-state index in [9.17, 15) is 14.4 Å². The summed E-state index contributed by atoms with van der Waals surface area (Å²) in [7, 11) is 0. The summed E-state index contributed by atoms with van der Waals surface area (Å²) < 4.78 is 5.50. The van der Waals surface area contributed by atoms with Gasteiger partial charge in [0.1, 0.15) is 5.56 Å². The molecular weight excluding hydrogens is 324 g/mol. The number of hydrogen-bond acceptors (Lipinski definition) is 6. The molecule has 0 saturated heterocycles. The standard InChI is InChI=1S/C18H16N2O5/c1-11(2)10-24-15-14(8-5-9-19-15)18(23)25-20-16(21)12-6-3-4-7-13(12)17(20)22/h3-9,11H,10H2,1-2H3. The lowest BCUT2D eigenvalue weighted by Crippen LogP contribution is -2.32. The Hall–Kier alpha value is -3.22. The van der Waals surface area contributed by atoms with Crippen molar-refractivity contribution in [1.29, 1.82) is 0 Å². The molecule has 128 valence electrons. The second-order valence-corrected chi connectivity index (χ2v) is 5.89. The summed E-state index contributed by atoms with van der Waals surface area (Å²) in [6, 6.07) is 9.28. The number of hydrogen-bond donors (Lipinski definition) is 0. The molecule has 1 aliphatic rings. The molecule has 7 nitrogen and oxygen atoms in total. The van der Waals surface area contributed by atoms with Crippen molar-refractivity contribution in [2.75, 3.05) is 6.61 Å². The molecule has 25 heavy (non-hydrogen) atoms. The lowest BCUT2D eigenvalue weighted by Gasteiger charge is -2.14. The van der Waals surface area contributed by atoms with Crippen LogP contribution < -0.4 is 4.74 Å². The molecule has 0 unspecified atom stereocenters. The topological polar surface area (TPSA) is 85.8 Å². The minimum Gasteiger partial charge on any atom is -0.477 e. The van der Waals surface area contributed by atoms with Crippen LogP contribution in [0.5, 0.6) is 5.88 Å². The van der Waals surface area contributed by atoms with Gasteiger partial charge in [-0.1, -0.05) is 31.0 Å². The largest absolute Gasteiger partial charge is 0.477 e. The van der Waals surface area contributed by atoms with E-state index in [2.05, 4.69) is 4.98 Å². The Balaban J connectivity index is 1.80. The highest BCUT2D eigenvalue weighted by Crippen LogP contribution is 2.24. The Labute approximate surface area is 144 Å². The number of amides is 2. The molecule has 0 fully saturated rings. The molecule has 0 spiro atoms. The number of pyridine rings is 1. The first kappa shape index (κ1) is 16.6. The number of benzene rings is 1. The van der Waals surface area contributed by atoms with Crippen LogP contribution in [0.15, 0.2) is 42.6 Å². The Bertz CT molecular complexity index is 812. The first-order valence-electron chi connectivity index (χ1n) is 7.77. The molecular formula is C18H16N2O5. The molecule has 0 atom stereocenters. The Morgan fingerprint density at radius 3 is 2.32 bits per heavy atom. The molecule has 7 heteroatoms. The smallest absolute Gasteiger partial charge is 0.369 e. The first-order valence-corrected chi connectivity index (χ1v) is 7.77. The summed E-state index contributed by atoms with van der Waals surface area (Å²) >= 11 is 0. The molecule has 0 bridgehead atoms. The minimum atomic E-state index is -0.888. The molecule has 2 heterocycles. The van der Waals surface area contributed by atoms with Crippen LogP contribution in [0.2, 0.25) is 0 Å². The molecule has 3 rings (SSSR count). The highest BCUT2D eigenvalue weighted by atomic mass is 16.7. The van der Waals surface area contributed by atoms with Crippen LogP contribution in [-0.2, 0) is 4.84 Å². The van der Waals surface area contributed by atoms with Gasteiger partial charge in [-0.25, -0.2) is 9.78 Å². The van der Waals surface area contributed by atoms with Crippen molar-refractivity contribution in [3.05, 3.63) is 59.3 Å². The summed E-state index contributed by atoms with van der Waals surface area (Å²) in [6.07, 6.45) is 1.48. The monoisotopic (exact) mass is 340 g/mol. The van der Waals surface area contributed by atoms with Crippen molar-refractivity contribution in [3.8, 4) is 5.88 Å². The van der Waals surface area contributed by atoms with E-state index in [0.717, 1.165) is 0 Å².